The van der Waals surface area contributed by atoms with E-state index in [1.807, 2.05) is 36.1 Å². The molecule has 2 heterocycles. The van der Waals surface area contributed by atoms with E-state index in [9.17, 15) is 13.5 Å². The molecule has 1 aromatic carbocycles. The molecule has 0 spiro atoms. The Bertz CT molecular complexity index is 962. The maximum absolute atomic E-state index is 13.6. The van der Waals surface area contributed by atoms with Crippen molar-refractivity contribution in [2.75, 3.05) is 11.5 Å². The smallest absolute Gasteiger partial charge is 0.179 e. The number of aliphatic hydroxyl groups is 1. The van der Waals surface area contributed by atoms with Crippen molar-refractivity contribution in [3.8, 4) is 0 Å². The zero-order valence-corrected chi connectivity index (χ0v) is 19.2. The van der Waals surface area contributed by atoms with Gasteiger partial charge in [-0.2, -0.15) is 0 Å². The van der Waals surface area contributed by atoms with Crippen LogP contribution < -0.4 is 10.3 Å². The van der Waals surface area contributed by atoms with Crippen LogP contribution >= 0.6 is 0 Å². The molecule has 0 radical (unpaired) electrons. The Kier molecular flexibility index (Phi) is 6.88. The molecule has 164 valence electrons. The highest BCUT2D eigenvalue weighted by molar-refractivity contribution is 7.91. The standard InChI is InChI=1S/C24H35N2O3S/c1-4-6-12-24(13-7-5-2)17-30(28,29)21-9-8-19(25)16-20(21)22(23(24)27)18-10-14-26(3)15-11-18/h8-11,14-16,22-23,27H,4-7,12-13,17,25H2,1-3H3/q+1/t22-,23-/m1/s1. The summed E-state index contributed by atoms with van der Waals surface area (Å²) in [6.45, 7) is 4.21. The van der Waals surface area contributed by atoms with Gasteiger partial charge in [0.15, 0.2) is 22.2 Å². The summed E-state index contributed by atoms with van der Waals surface area (Å²) in [6, 6.07) is 8.96. The van der Waals surface area contributed by atoms with Crippen LogP contribution in [0.2, 0.25) is 0 Å². The van der Waals surface area contributed by atoms with Crippen molar-refractivity contribution in [1.82, 2.24) is 0 Å². The van der Waals surface area contributed by atoms with E-state index >= 15 is 0 Å². The van der Waals surface area contributed by atoms with E-state index in [0.29, 0.717) is 29.0 Å². The fourth-order valence-corrected chi connectivity index (χ4v) is 7.06. The van der Waals surface area contributed by atoms with Crippen LogP contribution in [-0.2, 0) is 16.9 Å². The van der Waals surface area contributed by atoms with Crippen molar-refractivity contribution in [1.29, 1.82) is 0 Å². The van der Waals surface area contributed by atoms with Gasteiger partial charge in [-0.1, -0.05) is 39.5 Å². The number of rotatable bonds is 7. The molecule has 0 fully saturated rings. The molecule has 0 saturated carbocycles. The molecule has 0 amide bonds. The molecule has 2 atom stereocenters. The quantitative estimate of drug-likeness (QED) is 0.517. The van der Waals surface area contributed by atoms with Crippen LogP contribution in [-0.4, -0.2) is 25.4 Å². The summed E-state index contributed by atoms with van der Waals surface area (Å²) in [6.07, 6.45) is 8.19. The van der Waals surface area contributed by atoms with E-state index in [2.05, 4.69) is 13.8 Å². The first-order chi connectivity index (χ1) is 14.2. The highest BCUT2D eigenvalue weighted by Gasteiger charge is 2.49. The number of sulfone groups is 1. The van der Waals surface area contributed by atoms with Crippen molar-refractivity contribution in [2.45, 2.75) is 69.3 Å². The van der Waals surface area contributed by atoms with Gasteiger partial charge in [-0.15, -0.1) is 0 Å². The fourth-order valence-electron chi connectivity index (χ4n) is 4.86. The second-order valence-corrected chi connectivity index (χ2v) is 10.8. The molecule has 2 aromatic rings. The van der Waals surface area contributed by atoms with Crippen molar-refractivity contribution in [2.24, 2.45) is 12.5 Å². The van der Waals surface area contributed by atoms with E-state index in [0.717, 1.165) is 31.2 Å². The number of nitrogens with zero attached hydrogens (tertiary/aromatic N) is 1. The summed E-state index contributed by atoms with van der Waals surface area (Å²) in [5.74, 6) is -0.453. The highest BCUT2D eigenvalue weighted by atomic mass is 32.2. The third-order valence-corrected chi connectivity index (χ3v) is 8.54. The number of aryl methyl sites for hydroxylation is 1. The molecule has 0 unspecified atom stereocenters. The third kappa shape index (κ3) is 4.40. The lowest BCUT2D eigenvalue weighted by atomic mass is 9.68. The first kappa shape index (κ1) is 22.8. The lowest BCUT2D eigenvalue weighted by Gasteiger charge is -2.40. The van der Waals surface area contributed by atoms with Crippen LogP contribution in [0.3, 0.4) is 0 Å². The van der Waals surface area contributed by atoms with Crippen LogP contribution in [0, 0.1) is 5.41 Å². The summed E-state index contributed by atoms with van der Waals surface area (Å²) in [7, 11) is -1.63. The van der Waals surface area contributed by atoms with E-state index in [1.165, 1.54) is 0 Å². The molecule has 1 aliphatic heterocycles. The number of hydrogen-bond donors (Lipinski definition) is 2. The largest absolute Gasteiger partial charge is 0.399 e. The van der Waals surface area contributed by atoms with Gasteiger partial charge >= 0.3 is 0 Å². The second-order valence-electron chi connectivity index (χ2n) is 8.85. The Balaban J connectivity index is 2.27. The average molecular weight is 432 g/mol. The number of nitrogen functional groups attached to an aromatic ring is 1. The number of anilines is 1. The molecule has 0 saturated heterocycles. The minimum absolute atomic E-state index is 0.0187. The van der Waals surface area contributed by atoms with Gasteiger partial charge in [0.25, 0.3) is 0 Å². The third-order valence-electron chi connectivity index (χ3n) is 6.54. The van der Waals surface area contributed by atoms with E-state index in [4.69, 9.17) is 5.73 Å². The highest BCUT2D eigenvalue weighted by Crippen LogP contribution is 2.49. The number of pyridine rings is 1. The van der Waals surface area contributed by atoms with Crippen molar-refractivity contribution in [3.05, 3.63) is 53.9 Å². The number of aromatic nitrogens is 1. The molecular weight excluding hydrogens is 396 g/mol. The van der Waals surface area contributed by atoms with Crippen LogP contribution in [0.5, 0.6) is 0 Å². The Morgan fingerprint density at radius 2 is 1.70 bits per heavy atom. The number of fused-ring (bicyclic) bond motifs is 1. The molecule has 30 heavy (non-hydrogen) atoms. The summed E-state index contributed by atoms with van der Waals surface area (Å²) >= 11 is 0. The Hall–Kier alpha value is -1.92. The molecule has 1 aliphatic rings. The Morgan fingerprint density at radius 3 is 2.27 bits per heavy atom. The van der Waals surface area contributed by atoms with Gasteiger partial charge < -0.3 is 10.8 Å². The molecule has 5 nitrogen and oxygen atoms in total. The molecule has 0 bridgehead atoms. The number of aliphatic hydroxyl groups excluding tert-OH is 1. The van der Waals surface area contributed by atoms with Gasteiger partial charge in [0.2, 0.25) is 0 Å². The van der Waals surface area contributed by atoms with Crippen LogP contribution in [0.4, 0.5) is 5.69 Å². The van der Waals surface area contributed by atoms with Crippen LogP contribution in [0.25, 0.3) is 0 Å². The molecule has 3 rings (SSSR count). The second kappa shape index (κ2) is 9.06. The maximum Gasteiger partial charge on any atom is 0.179 e. The van der Waals surface area contributed by atoms with Gasteiger partial charge in [0.1, 0.15) is 7.05 Å². The number of unbranched alkanes of at least 4 members (excludes halogenated alkanes) is 2. The minimum atomic E-state index is -3.57. The lowest BCUT2D eigenvalue weighted by Crippen LogP contribution is -2.43. The van der Waals surface area contributed by atoms with Crippen molar-refractivity contribution >= 4 is 15.5 Å². The molecular formula is C24H35N2O3S+. The first-order valence-corrected chi connectivity index (χ1v) is 12.6. The predicted octanol–water partition coefficient (Wildman–Crippen LogP) is 3.74. The lowest BCUT2D eigenvalue weighted by molar-refractivity contribution is -0.671. The number of nitrogens with two attached hydrogens (primary N) is 1. The summed E-state index contributed by atoms with van der Waals surface area (Å²) in [4.78, 5) is 0.309. The summed E-state index contributed by atoms with van der Waals surface area (Å²) in [5.41, 5.74) is 7.45. The van der Waals surface area contributed by atoms with Crippen molar-refractivity contribution in [3.63, 3.8) is 0 Å². The fraction of sp³-hybridized carbons (Fsp3) is 0.542. The monoisotopic (exact) mass is 431 g/mol. The Labute approximate surface area is 180 Å². The summed E-state index contributed by atoms with van der Waals surface area (Å²) < 4.78 is 29.1. The SMILES string of the molecule is CCCCC1(CCCC)CS(=O)(=O)c2ccc(N)cc2[C@@H](c2cc[n+](C)cc2)[C@H]1O. The Morgan fingerprint density at radius 1 is 1.10 bits per heavy atom. The van der Waals surface area contributed by atoms with E-state index < -0.39 is 27.3 Å². The average Bonchev–Trinajstić information content (AvgIpc) is 2.77. The molecule has 6 heteroatoms. The normalized spacial score (nSPS) is 22.3. The number of hydrogen-bond acceptors (Lipinski definition) is 4. The first-order valence-electron chi connectivity index (χ1n) is 11.0. The van der Waals surface area contributed by atoms with E-state index in [-0.39, 0.29) is 5.75 Å². The molecule has 0 aliphatic carbocycles. The molecule has 1 aromatic heterocycles. The molecule has 3 N–H and O–H groups in total. The maximum atomic E-state index is 13.6. The van der Waals surface area contributed by atoms with Gasteiger partial charge in [0, 0.05) is 29.2 Å². The minimum Gasteiger partial charge on any atom is -0.399 e. The van der Waals surface area contributed by atoms with Gasteiger partial charge in [-0.3, -0.25) is 0 Å². The van der Waals surface area contributed by atoms with Gasteiger partial charge in [-0.05, 0) is 42.2 Å². The van der Waals surface area contributed by atoms with Crippen LogP contribution in [0.1, 0.15) is 69.4 Å². The zero-order chi connectivity index (χ0) is 21.9. The summed E-state index contributed by atoms with van der Waals surface area (Å²) in [5, 5.41) is 11.9. The zero-order valence-electron chi connectivity index (χ0n) is 18.3. The topological polar surface area (TPSA) is 84.3 Å². The van der Waals surface area contributed by atoms with Gasteiger partial charge in [0.05, 0.1) is 16.8 Å². The predicted molar refractivity (Wildman–Crippen MR) is 120 cm³/mol. The van der Waals surface area contributed by atoms with E-state index in [1.54, 1.807) is 18.2 Å². The van der Waals surface area contributed by atoms with Gasteiger partial charge in [-0.25, -0.2) is 13.0 Å². The van der Waals surface area contributed by atoms with Crippen LogP contribution in [0.15, 0.2) is 47.6 Å². The number of benzene rings is 1. The van der Waals surface area contributed by atoms with Crippen molar-refractivity contribution < 1.29 is 18.1 Å².